The minimum Gasteiger partial charge on any atom is -0.378 e. The third-order valence-electron chi connectivity index (χ3n) is 5.09. The number of nitrogens with one attached hydrogen (secondary N) is 1. The van der Waals surface area contributed by atoms with Crippen molar-refractivity contribution in [2.24, 2.45) is 5.92 Å². The quantitative estimate of drug-likeness (QED) is 0.800. The highest BCUT2D eigenvalue weighted by molar-refractivity contribution is 5.98. The lowest BCUT2D eigenvalue weighted by Crippen LogP contribution is -2.39. The second-order valence-electron chi connectivity index (χ2n) is 6.90. The summed E-state index contributed by atoms with van der Waals surface area (Å²) < 4.78 is 11.4. The summed E-state index contributed by atoms with van der Waals surface area (Å²) >= 11 is 0. The highest BCUT2D eigenvalue weighted by Gasteiger charge is 2.22. The Kier molecular flexibility index (Phi) is 6.64. The van der Waals surface area contributed by atoms with Crippen LogP contribution < -0.4 is 10.2 Å². The predicted octanol–water partition coefficient (Wildman–Crippen LogP) is 2.24. The molecule has 1 saturated heterocycles. The number of amides is 1. The molecule has 6 nitrogen and oxygen atoms in total. The summed E-state index contributed by atoms with van der Waals surface area (Å²) in [5, 5.41) is 2.97. The van der Waals surface area contributed by atoms with E-state index in [4.69, 9.17) is 9.47 Å². The Balaban J connectivity index is 1.49. The normalized spacial score (nSPS) is 24.1. The summed E-state index contributed by atoms with van der Waals surface area (Å²) in [5.41, 5.74) is 0.621. The minimum absolute atomic E-state index is 0.0881. The number of morpholine rings is 1. The van der Waals surface area contributed by atoms with E-state index in [9.17, 15) is 4.79 Å². The van der Waals surface area contributed by atoms with Crippen LogP contribution >= 0.6 is 0 Å². The van der Waals surface area contributed by atoms with Gasteiger partial charge in [0.2, 0.25) is 0 Å². The summed E-state index contributed by atoms with van der Waals surface area (Å²) in [4.78, 5) is 19.1. The zero-order valence-electron chi connectivity index (χ0n) is 15.1. The van der Waals surface area contributed by atoms with E-state index in [1.54, 1.807) is 12.3 Å². The lowest BCUT2D eigenvalue weighted by Gasteiger charge is -2.29. The number of rotatable bonds is 6. The molecule has 2 heterocycles. The fourth-order valence-electron chi connectivity index (χ4n) is 3.60. The standard InChI is InChI=1S/C19H29N3O3/c1-15-5-2-3-7-17(15)25-12-9-21-19(23)16-6-4-8-20-18(16)22-10-13-24-14-11-22/h4,6,8,15,17H,2-3,5,7,9-14H2,1H3,(H,21,23)/t15-,17+/m0/s1. The number of carbonyl (C=O) groups is 1. The van der Waals surface area contributed by atoms with Gasteiger partial charge in [-0.2, -0.15) is 0 Å². The molecular weight excluding hydrogens is 318 g/mol. The molecule has 2 atom stereocenters. The predicted molar refractivity (Wildman–Crippen MR) is 97.0 cm³/mol. The van der Waals surface area contributed by atoms with E-state index in [-0.39, 0.29) is 5.91 Å². The Hall–Kier alpha value is -1.66. The van der Waals surface area contributed by atoms with Gasteiger partial charge in [-0.1, -0.05) is 19.8 Å². The van der Waals surface area contributed by atoms with E-state index in [0.717, 1.165) is 25.3 Å². The number of aromatic nitrogens is 1. The van der Waals surface area contributed by atoms with Crippen LogP contribution in [0.1, 0.15) is 43.0 Å². The number of hydrogen-bond donors (Lipinski definition) is 1. The third kappa shape index (κ3) is 4.92. The topological polar surface area (TPSA) is 63.7 Å². The molecule has 0 spiro atoms. The maximum atomic E-state index is 12.6. The molecule has 0 bridgehead atoms. The van der Waals surface area contributed by atoms with Crippen molar-refractivity contribution in [2.75, 3.05) is 44.4 Å². The van der Waals surface area contributed by atoms with Gasteiger partial charge < -0.3 is 19.7 Å². The Morgan fingerprint density at radius 2 is 2.16 bits per heavy atom. The Labute approximate surface area is 149 Å². The molecule has 1 amide bonds. The van der Waals surface area contributed by atoms with Gasteiger partial charge in [0.25, 0.3) is 5.91 Å². The molecule has 1 saturated carbocycles. The number of ether oxygens (including phenoxy) is 2. The van der Waals surface area contributed by atoms with Gasteiger partial charge in [-0.05, 0) is 30.9 Å². The van der Waals surface area contributed by atoms with Gasteiger partial charge in [0.15, 0.2) is 0 Å². The van der Waals surface area contributed by atoms with Crippen LogP contribution in [-0.2, 0) is 9.47 Å². The number of hydrogen-bond acceptors (Lipinski definition) is 5. The van der Waals surface area contributed by atoms with Crippen LogP contribution in [0.2, 0.25) is 0 Å². The summed E-state index contributed by atoms with van der Waals surface area (Å²) in [6, 6.07) is 3.64. The second-order valence-corrected chi connectivity index (χ2v) is 6.90. The number of nitrogens with zero attached hydrogens (tertiary/aromatic N) is 2. The van der Waals surface area contributed by atoms with Gasteiger partial charge in [0, 0.05) is 25.8 Å². The fraction of sp³-hybridized carbons (Fsp3) is 0.684. The lowest BCUT2D eigenvalue weighted by molar-refractivity contribution is -0.00293. The first-order chi connectivity index (χ1) is 12.3. The van der Waals surface area contributed by atoms with Gasteiger partial charge in [-0.3, -0.25) is 4.79 Å². The van der Waals surface area contributed by atoms with Gasteiger partial charge in [-0.15, -0.1) is 0 Å². The first-order valence-electron chi connectivity index (χ1n) is 9.43. The molecule has 2 aliphatic rings. The molecule has 1 aliphatic carbocycles. The molecule has 25 heavy (non-hydrogen) atoms. The van der Waals surface area contributed by atoms with Gasteiger partial charge in [0.05, 0.1) is 31.5 Å². The molecule has 0 unspecified atom stereocenters. The number of carbonyl (C=O) groups excluding carboxylic acids is 1. The fourth-order valence-corrected chi connectivity index (χ4v) is 3.60. The van der Waals surface area contributed by atoms with Crippen LogP contribution in [0, 0.1) is 5.92 Å². The Morgan fingerprint density at radius 3 is 2.96 bits per heavy atom. The van der Waals surface area contributed by atoms with Crippen LogP contribution in [0.25, 0.3) is 0 Å². The van der Waals surface area contributed by atoms with Crippen molar-refractivity contribution in [3.05, 3.63) is 23.9 Å². The molecule has 6 heteroatoms. The first-order valence-corrected chi connectivity index (χ1v) is 9.43. The molecule has 0 aromatic carbocycles. The zero-order valence-corrected chi connectivity index (χ0v) is 15.1. The summed E-state index contributed by atoms with van der Waals surface area (Å²) in [7, 11) is 0. The minimum atomic E-state index is -0.0881. The van der Waals surface area contributed by atoms with Gasteiger partial charge in [-0.25, -0.2) is 4.98 Å². The van der Waals surface area contributed by atoms with Crippen LogP contribution in [0.4, 0.5) is 5.82 Å². The average Bonchev–Trinajstić information content (AvgIpc) is 2.67. The largest absolute Gasteiger partial charge is 0.378 e. The Morgan fingerprint density at radius 1 is 1.36 bits per heavy atom. The molecule has 3 rings (SSSR count). The van der Waals surface area contributed by atoms with Crippen molar-refractivity contribution in [1.82, 2.24) is 10.3 Å². The monoisotopic (exact) mass is 347 g/mol. The zero-order chi connectivity index (χ0) is 17.5. The first kappa shape index (κ1) is 18.1. The Bertz CT molecular complexity index is 561. The van der Waals surface area contributed by atoms with E-state index < -0.39 is 0 Å². The van der Waals surface area contributed by atoms with Crippen LogP contribution in [0.15, 0.2) is 18.3 Å². The highest BCUT2D eigenvalue weighted by Crippen LogP contribution is 2.26. The van der Waals surface area contributed by atoms with Crippen LogP contribution in [0.3, 0.4) is 0 Å². The summed E-state index contributed by atoms with van der Waals surface area (Å²) in [6.07, 6.45) is 7.01. The molecule has 138 valence electrons. The van der Waals surface area contributed by atoms with Crippen molar-refractivity contribution in [2.45, 2.75) is 38.7 Å². The van der Waals surface area contributed by atoms with Crippen molar-refractivity contribution in [1.29, 1.82) is 0 Å². The van der Waals surface area contributed by atoms with Crippen molar-refractivity contribution in [3.8, 4) is 0 Å². The SMILES string of the molecule is C[C@H]1CCCC[C@H]1OCCNC(=O)c1cccnc1N1CCOCC1. The second kappa shape index (κ2) is 9.15. The van der Waals surface area contributed by atoms with Gasteiger partial charge >= 0.3 is 0 Å². The van der Waals surface area contributed by atoms with E-state index in [0.29, 0.717) is 44.0 Å². The molecule has 1 aromatic rings. The van der Waals surface area contributed by atoms with E-state index in [1.165, 1.54) is 19.3 Å². The number of anilines is 1. The maximum Gasteiger partial charge on any atom is 0.255 e. The molecule has 1 aliphatic heterocycles. The third-order valence-corrected chi connectivity index (χ3v) is 5.09. The van der Waals surface area contributed by atoms with E-state index in [1.807, 2.05) is 6.07 Å². The van der Waals surface area contributed by atoms with Crippen molar-refractivity contribution in [3.63, 3.8) is 0 Å². The highest BCUT2D eigenvalue weighted by atomic mass is 16.5. The van der Waals surface area contributed by atoms with E-state index >= 15 is 0 Å². The lowest BCUT2D eigenvalue weighted by atomic mass is 9.88. The summed E-state index contributed by atoms with van der Waals surface area (Å²) in [6.45, 7) is 6.22. The molecule has 1 N–H and O–H groups in total. The molecule has 0 radical (unpaired) electrons. The molecular formula is C19H29N3O3. The van der Waals surface area contributed by atoms with E-state index in [2.05, 4.69) is 22.1 Å². The number of pyridine rings is 1. The van der Waals surface area contributed by atoms with Crippen LogP contribution in [0.5, 0.6) is 0 Å². The molecule has 1 aromatic heterocycles. The van der Waals surface area contributed by atoms with Crippen LogP contribution in [-0.4, -0.2) is 56.5 Å². The maximum absolute atomic E-state index is 12.6. The smallest absolute Gasteiger partial charge is 0.255 e. The van der Waals surface area contributed by atoms with Crippen molar-refractivity contribution >= 4 is 11.7 Å². The van der Waals surface area contributed by atoms with Gasteiger partial charge in [0.1, 0.15) is 5.82 Å². The molecule has 2 fully saturated rings. The average molecular weight is 347 g/mol. The summed E-state index contributed by atoms with van der Waals surface area (Å²) in [5.74, 6) is 1.27. The van der Waals surface area contributed by atoms with Crippen molar-refractivity contribution < 1.29 is 14.3 Å².